The van der Waals surface area contributed by atoms with Crippen LogP contribution in [0.4, 0.5) is 0 Å². The van der Waals surface area contributed by atoms with Crippen molar-refractivity contribution in [1.29, 1.82) is 0 Å². The van der Waals surface area contributed by atoms with Crippen LogP contribution in [0, 0.1) is 0 Å². The van der Waals surface area contributed by atoms with Gasteiger partial charge in [-0.05, 0) is 53.4 Å². The van der Waals surface area contributed by atoms with E-state index in [9.17, 15) is 5.11 Å². The molecule has 6 unspecified atom stereocenters. The van der Waals surface area contributed by atoms with E-state index in [-0.39, 0.29) is 49.2 Å². The summed E-state index contributed by atoms with van der Waals surface area (Å²) in [5, 5.41) is 9.75. The van der Waals surface area contributed by atoms with Crippen LogP contribution in [-0.2, 0) is 23.7 Å². The Morgan fingerprint density at radius 1 is 0.640 bits per heavy atom. The zero-order valence-electron chi connectivity index (χ0n) is 15.9. The van der Waals surface area contributed by atoms with Gasteiger partial charge in [0.1, 0.15) is 0 Å². The summed E-state index contributed by atoms with van der Waals surface area (Å²) in [4.78, 5) is 0. The molecule has 0 aliphatic carbocycles. The maximum Gasteiger partial charge on any atom is 0.158 e. The van der Waals surface area contributed by atoms with E-state index >= 15 is 0 Å². The molecule has 0 aromatic heterocycles. The molecule has 0 aromatic carbocycles. The van der Waals surface area contributed by atoms with Crippen LogP contribution in [0.1, 0.15) is 66.2 Å². The quantitative estimate of drug-likeness (QED) is 0.834. The molecule has 3 aliphatic heterocycles. The van der Waals surface area contributed by atoms with E-state index in [1.54, 1.807) is 0 Å². The topological polar surface area (TPSA) is 66.4 Å². The largest absolute Gasteiger partial charge is 0.390 e. The molecular weight excluding hydrogens is 324 g/mol. The first-order valence-corrected chi connectivity index (χ1v) is 9.87. The monoisotopic (exact) mass is 358 g/mol. The predicted octanol–water partition coefficient (Wildman–Crippen LogP) is 2.76. The van der Waals surface area contributed by atoms with Gasteiger partial charge < -0.3 is 28.8 Å². The fourth-order valence-electron chi connectivity index (χ4n) is 3.97. The molecule has 0 amide bonds. The molecule has 6 nitrogen and oxygen atoms in total. The van der Waals surface area contributed by atoms with Gasteiger partial charge >= 0.3 is 0 Å². The normalized spacial score (nSPS) is 49.1. The van der Waals surface area contributed by atoms with Gasteiger partial charge in [-0.3, -0.25) is 0 Å². The molecule has 3 aliphatic rings. The van der Waals surface area contributed by atoms with Gasteiger partial charge in [-0.15, -0.1) is 0 Å². The standard InChI is InChI=1S/C19H34O6/c1-11-5-7-16(13(3)21-11)24-19-10-8-17(14(4)23-19)25-18-9-6-15(20)12(2)22-18/h11-20H,5-10H2,1-4H3/t11-,12?,13?,14?,15?,16?,17?,18-,19-/m1/s1. The van der Waals surface area contributed by atoms with E-state index in [2.05, 4.69) is 13.8 Å². The number of hydrogen-bond donors (Lipinski definition) is 1. The molecule has 3 rings (SSSR count). The smallest absolute Gasteiger partial charge is 0.158 e. The average molecular weight is 358 g/mol. The highest BCUT2D eigenvalue weighted by Crippen LogP contribution is 2.30. The Morgan fingerprint density at radius 3 is 1.72 bits per heavy atom. The van der Waals surface area contributed by atoms with Gasteiger partial charge in [0.05, 0.1) is 42.7 Å². The summed E-state index contributed by atoms with van der Waals surface area (Å²) in [5.74, 6) is 0. The van der Waals surface area contributed by atoms with Crippen molar-refractivity contribution in [3.63, 3.8) is 0 Å². The van der Waals surface area contributed by atoms with E-state index in [0.29, 0.717) is 6.10 Å². The molecule has 3 saturated heterocycles. The van der Waals surface area contributed by atoms with Crippen molar-refractivity contribution in [2.45, 2.75) is 122 Å². The van der Waals surface area contributed by atoms with Crippen molar-refractivity contribution in [1.82, 2.24) is 0 Å². The maximum atomic E-state index is 9.75. The number of aliphatic hydroxyl groups is 1. The Kier molecular flexibility index (Phi) is 6.74. The van der Waals surface area contributed by atoms with Gasteiger partial charge in [0, 0.05) is 12.8 Å². The van der Waals surface area contributed by atoms with E-state index in [4.69, 9.17) is 23.7 Å². The fourth-order valence-corrected chi connectivity index (χ4v) is 3.97. The zero-order valence-corrected chi connectivity index (χ0v) is 15.9. The Labute approximate surface area is 151 Å². The minimum atomic E-state index is -0.389. The lowest BCUT2D eigenvalue weighted by molar-refractivity contribution is -0.294. The molecule has 3 fully saturated rings. The summed E-state index contributed by atoms with van der Waals surface area (Å²) >= 11 is 0. The molecule has 146 valence electrons. The molecule has 3 heterocycles. The van der Waals surface area contributed by atoms with Crippen molar-refractivity contribution in [3.05, 3.63) is 0 Å². The van der Waals surface area contributed by atoms with Crippen LogP contribution in [0.5, 0.6) is 0 Å². The second-order valence-corrected chi connectivity index (χ2v) is 7.84. The number of rotatable bonds is 4. The minimum absolute atomic E-state index is 0.00680. The highest BCUT2D eigenvalue weighted by molar-refractivity contribution is 4.80. The first-order chi connectivity index (χ1) is 11.9. The maximum absolute atomic E-state index is 9.75. The van der Waals surface area contributed by atoms with Crippen LogP contribution in [0.25, 0.3) is 0 Å². The third-order valence-corrected chi connectivity index (χ3v) is 5.66. The summed E-state index contributed by atoms with van der Waals surface area (Å²) in [6, 6.07) is 0. The van der Waals surface area contributed by atoms with Gasteiger partial charge in [-0.2, -0.15) is 0 Å². The van der Waals surface area contributed by atoms with Crippen molar-refractivity contribution in [2.75, 3.05) is 0 Å². The lowest BCUT2D eigenvalue weighted by Crippen LogP contribution is -2.47. The van der Waals surface area contributed by atoms with E-state index < -0.39 is 0 Å². The Balaban J connectivity index is 1.43. The number of aliphatic hydroxyl groups excluding tert-OH is 1. The van der Waals surface area contributed by atoms with E-state index in [1.165, 1.54) is 0 Å². The molecular formula is C19H34O6. The van der Waals surface area contributed by atoms with Crippen LogP contribution in [-0.4, -0.2) is 60.4 Å². The summed E-state index contributed by atoms with van der Waals surface area (Å²) in [6.45, 7) is 8.11. The predicted molar refractivity (Wildman–Crippen MR) is 92.1 cm³/mol. The summed E-state index contributed by atoms with van der Waals surface area (Å²) in [7, 11) is 0. The summed E-state index contributed by atoms with van der Waals surface area (Å²) in [6.07, 6.45) is 4.71. The average Bonchev–Trinajstić information content (AvgIpc) is 2.56. The first-order valence-electron chi connectivity index (χ1n) is 9.87. The van der Waals surface area contributed by atoms with Gasteiger partial charge in [-0.1, -0.05) is 0 Å². The van der Waals surface area contributed by atoms with Gasteiger partial charge in [0.2, 0.25) is 0 Å². The minimum Gasteiger partial charge on any atom is -0.390 e. The summed E-state index contributed by atoms with van der Waals surface area (Å²) < 4.78 is 29.9. The number of ether oxygens (including phenoxy) is 5. The van der Waals surface area contributed by atoms with Crippen LogP contribution in [0.15, 0.2) is 0 Å². The molecule has 0 radical (unpaired) electrons. The third kappa shape index (κ3) is 5.15. The van der Waals surface area contributed by atoms with Crippen molar-refractivity contribution in [2.24, 2.45) is 0 Å². The van der Waals surface area contributed by atoms with Crippen molar-refractivity contribution >= 4 is 0 Å². The molecule has 0 saturated carbocycles. The molecule has 0 bridgehead atoms. The lowest BCUT2D eigenvalue weighted by Gasteiger charge is -2.41. The van der Waals surface area contributed by atoms with E-state index in [0.717, 1.165) is 38.5 Å². The fraction of sp³-hybridized carbons (Fsp3) is 1.00. The van der Waals surface area contributed by atoms with Crippen LogP contribution in [0.2, 0.25) is 0 Å². The Morgan fingerprint density at radius 2 is 1.16 bits per heavy atom. The second-order valence-electron chi connectivity index (χ2n) is 7.84. The molecule has 9 atom stereocenters. The van der Waals surface area contributed by atoms with Crippen LogP contribution >= 0.6 is 0 Å². The Hall–Kier alpha value is -0.240. The van der Waals surface area contributed by atoms with Crippen LogP contribution < -0.4 is 0 Å². The van der Waals surface area contributed by atoms with Gasteiger partial charge in [0.15, 0.2) is 12.6 Å². The number of hydrogen-bond acceptors (Lipinski definition) is 6. The second kappa shape index (κ2) is 8.63. The van der Waals surface area contributed by atoms with Gasteiger partial charge in [-0.25, -0.2) is 0 Å². The van der Waals surface area contributed by atoms with Crippen LogP contribution in [0.3, 0.4) is 0 Å². The van der Waals surface area contributed by atoms with Crippen molar-refractivity contribution in [3.8, 4) is 0 Å². The zero-order chi connectivity index (χ0) is 18.0. The molecule has 6 heteroatoms. The Bertz CT molecular complexity index is 419. The molecule has 0 spiro atoms. The van der Waals surface area contributed by atoms with Crippen molar-refractivity contribution < 1.29 is 28.8 Å². The highest BCUT2D eigenvalue weighted by Gasteiger charge is 2.36. The highest BCUT2D eigenvalue weighted by atomic mass is 16.7. The molecule has 0 aromatic rings. The molecule has 25 heavy (non-hydrogen) atoms. The van der Waals surface area contributed by atoms with Gasteiger partial charge in [0.25, 0.3) is 0 Å². The van der Waals surface area contributed by atoms with E-state index in [1.807, 2.05) is 13.8 Å². The first kappa shape index (κ1) is 19.5. The third-order valence-electron chi connectivity index (χ3n) is 5.66. The lowest BCUT2D eigenvalue weighted by atomic mass is 10.0. The molecule has 1 N–H and O–H groups in total. The SMILES string of the molecule is CC1O[C@H](OC2CC[C@@H](OC3CC[C@@H](C)OC3C)OC2C)CCC1O. The summed E-state index contributed by atoms with van der Waals surface area (Å²) in [5.41, 5.74) is 0.